The third-order valence-corrected chi connectivity index (χ3v) is 4.99. The summed E-state index contributed by atoms with van der Waals surface area (Å²) in [6, 6.07) is 13.3. The van der Waals surface area contributed by atoms with Gasteiger partial charge in [-0.3, -0.25) is 4.79 Å². The molecule has 3 rings (SSSR count). The first kappa shape index (κ1) is 20.7. The SMILES string of the molecule is CCc1c(CC(N)=O)c2c(OCC(=O)OC)cccc2n1Cc1cccc(Cl)c1. The van der Waals surface area contributed by atoms with Gasteiger partial charge in [-0.05, 0) is 41.8 Å². The van der Waals surface area contributed by atoms with Crippen molar-refractivity contribution in [1.82, 2.24) is 4.57 Å². The van der Waals surface area contributed by atoms with Gasteiger partial charge in [-0.1, -0.05) is 36.7 Å². The topological polar surface area (TPSA) is 83.6 Å². The van der Waals surface area contributed by atoms with Crippen LogP contribution in [-0.4, -0.2) is 30.2 Å². The molecule has 0 fully saturated rings. The smallest absolute Gasteiger partial charge is 0.343 e. The first-order chi connectivity index (χ1) is 13.9. The van der Waals surface area contributed by atoms with Crippen LogP contribution in [0.25, 0.3) is 10.9 Å². The maximum Gasteiger partial charge on any atom is 0.343 e. The standard InChI is InChI=1S/C22H23ClN2O4/c1-3-17-16(11-20(24)26)22-18(8-5-9-19(22)29-13-21(27)28-2)25(17)12-14-6-4-7-15(23)10-14/h4-10H,3,11-13H2,1-2H3,(H2,24,26). The van der Waals surface area contributed by atoms with Gasteiger partial charge in [0.1, 0.15) is 5.75 Å². The van der Waals surface area contributed by atoms with E-state index in [4.69, 9.17) is 22.1 Å². The molecular formula is C22H23ClN2O4. The lowest BCUT2D eigenvalue weighted by molar-refractivity contribution is -0.142. The Morgan fingerprint density at radius 2 is 1.93 bits per heavy atom. The van der Waals surface area contributed by atoms with E-state index < -0.39 is 11.9 Å². The molecule has 0 aliphatic carbocycles. The number of carbonyl (C=O) groups is 2. The highest BCUT2D eigenvalue weighted by Crippen LogP contribution is 2.35. The van der Waals surface area contributed by atoms with Crippen LogP contribution in [0.1, 0.15) is 23.7 Å². The van der Waals surface area contributed by atoms with E-state index >= 15 is 0 Å². The zero-order valence-corrected chi connectivity index (χ0v) is 17.2. The summed E-state index contributed by atoms with van der Waals surface area (Å²) in [4.78, 5) is 23.3. The van der Waals surface area contributed by atoms with Crippen LogP contribution >= 0.6 is 11.6 Å². The van der Waals surface area contributed by atoms with Crippen molar-refractivity contribution in [1.29, 1.82) is 0 Å². The van der Waals surface area contributed by atoms with Crippen molar-refractivity contribution in [3.05, 3.63) is 64.3 Å². The van der Waals surface area contributed by atoms with E-state index in [-0.39, 0.29) is 13.0 Å². The number of primary amides is 1. The minimum Gasteiger partial charge on any atom is -0.481 e. The molecule has 0 atom stereocenters. The van der Waals surface area contributed by atoms with Gasteiger partial charge in [0, 0.05) is 22.6 Å². The number of benzene rings is 2. The second-order valence-corrected chi connectivity index (χ2v) is 7.09. The third kappa shape index (κ3) is 4.54. The van der Waals surface area contributed by atoms with Gasteiger partial charge in [0.2, 0.25) is 5.91 Å². The Kier molecular flexibility index (Phi) is 6.44. The molecule has 29 heavy (non-hydrogen) atoms. The summed E-state index contributed by atoms with van der Waals surface area (Å²) in [6.45, 7) is 2.40. The number of halogens is 1. The molecule has 1 amide bonds. The van der Waals surface area contributed by atoms with Crippen LogP contribution in [0.3, 0.4) is 0 Å². The summed E-state index contributed by atoms with van der Waals surface area (Å²) in [5.74, 6) is -0.388. The number of nitrogens with zero attached hydrogens (tertiary/aromatic N) is 1. The van der Waals surface area contributed by atoms with E-state index in [9.17, 15) is 9.59 Å². The number of hydrogen-bond acceptors (Lipinski definition) is 4. The number of esters is 1. The molecule has 0 saturated heterocycles. The number of nitrogens with two attached hydrogens (primary N) is 1. The summed E-state index contributed by atoms with van der Waals surface area (Å²) in [5.41, 5.74) is 9.29. The maximum absolute atomic E-state index is 11.8. The van der Waals surface area contributed by atoms with Gasteiger partial charge < -0.3 is 19.8 Å². The van der Waals surface area contributed by atoms with E-state index in [2.05, 4.69) is 9.30 Å². The van der Waals surface area contributed by atoms with E-state index in [0.717, 1.165) is 27.7 Å². The summed E-state index contributed by atoms with van der Waals surface area (Å²) in [7, 11) is 1.31. The van der Waals surface area contributed by atoms with E-state index in [1.54, 1.807) is 6.07 Å². The summed E-state index contributed by atoms with van der Waals surface area (Å²) >= 11 is 6.15. The first-order valence-corrected chi connectivity index (χ1v) is 9.67. The molecule has 0 aliphatic rings. The summed E-state index contributed by atoms with van der Waals surface area (Å²) in [5, 5.41) is 1.45. The second kappa shape index (κ2) is 9.01. The molecule has 0 unspecified atom stereocenters. The largest absolute Gasteiger partial charge is 0.481 e. The van der Waals surface area contributed by atoms with Crippen LogP contribution in [-0.2, 0) is 33.7 Å². The van der Waals surface area contributed by atoms with Gasteiger partial charge in [0.25, 0.3) is 0 Å². The molecule has 7 heteroatoms. The van der Waals surface area contributed by atoms with Gasteiger partial charge >= 0.3 is 5.97 Å². The molecule has 0 spiro atoms. The number of ether oxygens (including phenoxy) is 2. The minimum atomic E-state index is -0.479. The Hall–Kier alpha value is -2.99. The number of aromatic nitrogens is 1. The van der Waals surface area contributed by atoms with Crippen molar-refractivity contribution in [2.75, 3.05) is 13.7 Å². The Balaban J connectivity index is 2.17. The Labute approximate surface area is 174 Å². The molecule has 0 bridgehead atoms. The zero-order chi connectivity index (χ0) is 21.0. The van der Waals surface area contributed by atoms with Gasteiger partial charge in [-0.15, -0.1) is 0 Å². The third-order valence-electron chi connectivity index (χ3n) is 4.76. The number of fused-ring (bicyclic) bond motifs is 1. The van der Waals surface area contributed by atoms with Crippen LogP contribution < -0.4 is 10.5 Å². The maximum atomic E-state index is 11.8. The van der Waals surface area contributed by atoms with Crippen LogP contribution in [0.4, 0.5) is 0 Å². The Morgan fingerprint density at radius 1 is 1.17 bits per heavy atom. The minimum absolute atomic E-state index is 0.0841. The van der Waals surface area contributed by atoms with Crippen LogP contribution in [0.2, 0.25) is 5.02 Å². The average Bonchev–Trinajstić information content (AvgIpc) is 2.98. The lowest BCUT2D eigenvalue weighted by atomic mass is 10.0. The van der Waals surface area contributed by atoms with Crippen molar-refractivity contribution in [3.8, 4) is 5.75 Å². The molecule has 2 aromatic carbocycles. The molecule has 1 heterocycles. The van der Waals surface area contributed by atoms with Crippen molar-refractivity contribution >= 4 is 34.4 Å². The zero-order valence-electron chi connectivity index (χ0n) is 16.4. The second-order valence-electron chi connectivity index (χ2n) is 6.65. The number of rotatable bonds is 8. The van der Waals surface area contributed by atoms with Crippen LogP contribution in [0, 0.1) is 0 Å². The molecule has 0 aliphatic heterocycles. The quantitative estimate of drug-likeness (QED) is 0.572. The number of hydrogen-bond donors (Lipinski definition) is 1. The molecule has 6 nitrogen and oxygen atoms in total. The molecule has 152 valence electrons. The fourth-order valence-corrected chi connectivity index (χ4v) is 3.80. The average molecular weight is 415 g/mol. The van der Waals surface area contributed by atoms with Gasteiger partial charge in [-0.2, -0.15) is 0 Å². The van der Waals surface area contributed by atoms with Crippen LogP contribution in [0.15, 0.2) is 42.5 Å². The molecule has 0 radical (unpaired) electrons. The number of carbonyl (C=O) groups excluding carboxylic acids is 2. The fourth-order valence-electron chi connectivity index (χ4n) is 3.58. The lowest BCUT2D eigenvalue weighted by Crippen LogP contribution is -2.15. The molecule has 2 N–H and O–H groups in total. The van der Waals surface area contributed by atoms with Gasteiger partial charge in [0.05, 0.1) is 19.0 Å². The first-order valence-electron chi connectivity index (χ1n) is 9.29. The highest BCUT2D eigenvalue weighted by molar-refractivity contribution is 6.30. The van der Waals surface area contributed by atoms with Crippen molar-refractivity contribution in [2.45, 2.75) is 26.3 Å². The number of methoxy groups -OCH3 is 1. The molecular weight excluding hydrogens is 392 g/mol. The predicted molar refractivity (Wildman–Crippen MR) is 112 cm³/mol. The van der Waals surface area contributed by atoms with E-state index in [1.807, 2.05) is 43.3 Å². The number of amides is 1. The lowest BCUT2D eigenvalue weighted by Gasteiger charge is -2.11. The van der Waals surface area contributed by atoms with Crippen molar-refractivity contribution in [3.63, 3.8) is 0 Å². The van der Waals surface area contributed by atoms with Gasteiger partial charge in [-0.25, -0.2) is 4.79 Å². The van der Waals surface area contributed by atoms with E-state index in [0.29, 0.717) is 23.7 Å². The van der Waals surface area contributed by atoms with Gasteiger partial charge in [0.15, 0.2) is 6.61 Å². The van der Waals surface area contributed by atoms with Crippen molar-refractivity contribution in [2.24, 2.45) is 5.73 Å². The Morgan fingerprint density at radius 3 is 2.59 bits per heavy atom. The monoisotopic (exact) mass is 414 g/mol. The Bertz CT molecular complexity index is 1060. The highest BCUT2D eigenvalue weighted by atomic mass is 35.5. The molecule has 1 aromatic heterocycles. The van der Waals surface area contributed by atoms with E-state index in [1.165, 1.54) is 7.11 Å². The summed E-state index contributed by atoms with van der Waals surface area (Å²) < 4.78 is 12.5. The molecule has 3 aromatic rings. The van der Waals surface area contributed by atoms with Crippen LogP contribution in [0.5, 0.6) is 5.75 Å². The molecule has 0 saturated carbocycles. The normalized spacial score (nSPS) is 10.9. The fraction of sp³-hybridized carbons (Fsp3) is 0.273. The van der Waals surface area contributed by atoms with Crippen molar-refractivity contribution < 1.29 is 19.1 Å². The highest BCUT2D eigenvalue weighted by Gasteiger charge is 2.21. The predicted octanol–water partition coefficient (Wildman–Crippen LogP) is 3.49. The summed E-state index contributed by atoms with van der Waals surface area (Å²) in [6.07, 6.45) is 0.787.